The SMILES string of the molecule is O=C(O)c1nccnc1C(=O)Nc1ncn[nH]1. The maximum absolute atomic E-state index is 11.7. The molecule has 2 aromatic rings. The Bertz CT molecular complexity index is 552. The number of rotatable bonds is 3. The highest BCUT2D eigenvalue weighted by Gasteiger charge is 2.19. The number of H-pyrrole nitrogens is 1. The number of carbonyl (C=O) groups is 2. The fraction of sp³-hybridized carbons (Fsp3) is 0. The van der Waals surface area contributed by atoms with Gasteiger partial charge in [0.05, 0.1) is 0 Å². The van der Waals surface area contributed by atoms with Crippen LogP contribution < -0.4 is 5.32 Å². The van der Waals surface area contributed by atoms with Gasteiger partial charge in [-0.15, -0.1) is 0 Å². The van der Waals surface area contributed by atoms with Crippen LogP contribution in [0, 0.1) is 0 Å². The van der Waals surface area contributed by atoms with E-state index in [1.165, 1.54) is 18.7 Å². The molecule has 0 spiro atoms. The minimum atomic E-state index is -1.33. The summed E-state index contributed by atoms with van der Waals surface area (Å²) in [5.74, 6) is -1.97. The summed E-state index contributed by atoms with van der Waals surface area (Å²) in [6.07, 6.45) is 3.61. The molecule has 0 aliphatic carbocycles. The van der Waals surface area contributed by atoms with Gasteiger partial charge < -0.3 is 5.11 Å². The Labute approximate surface area is 93.9 Å². The van der Waals surface area contributed by atoms with Gasteiger partial charge in [0.1, 0.15) is 6.33 Å². The zero-order valence-electron chi connectivity index (χ0n) is 8.28. The molecule has 9 nitrogen and oxygen atoms in total. The summed E-state index contributed by atoms with van der Waals surface area (Å²) >= 11 is 0. The molecule has 86 valence electrons. The number of amides is 1. The maximum atomic E-state index is 11.7. The fourth-order valence-corrected chi connectivity index (χ4v) is 1.09. The lowest BCUT2D eigenvalue weighted by Gasteiger charge is -2.02. The number of aromatic carboxylic acids is 1. The Balaban J connectivity index is 2.28. The van der Waals surface area contributed by atoms with Crippen molar-refractivity contribution in [2.45, 2.75) is 0 Å². The number of aromatic amines is 1. The molecule has 2 aromatic heterocycles. The quantitative estimate of drug-likeness (QED) is 0.654. The third-order valence-electron chi connectivity index (χ3n) is 1.76. The van der Waals surface area contributed by atoms with Gasteiger partial charge in [0.15, 0.2) is 11.4 Å². The number of hydrogen-bond acceptors (Lipinski definition) is 6. The average Bonchev–Trinajstić information content (AvgIpc) is 2.81. The van der Waals surface area contributed by atoms with Gasteiger partial charge in [0.25, 0.3) is 5.91 Å². The van der Waals surface area contributed by atoms with Crippen LogP contribution in [0.3, 0.4) is 0 Å². The molecule has 0 unspecified atom stereocenters. The van der Waals surface area contributed by atoms with E-state index in [4.69, 9.17) is 5.11 Å². The predicted molar refractivity (Wildman–Crippen MR) is 53.3 cm³/mol. The summed E-state index contributed by atoms with van der Waals surface area (Å²) in [4.78, 5) is 33.4. The van der Waals surface area contributed by atoms with Crippen LogP contribution >= 0.6 is 0 Å². The molecule has 0 aliphatic rings. The van der Waals surface area contributed by atoms with Crippen molar-refractivity contribution in [1.29, 1.82) is 0 Å². The van der Waals surface area contributed by atoms with Crippen molar-refractivity contribution in [3.63, 3.8) is 0 Å². The Kier molecular flexibility index (Phi) is 2.73. The molecule has 0 bridgehead atoms. The molecule has 2 rings (SSSR count). The van der Waals surface area contributed by atoms with Crippen molar-refractivity contribution >= 4 is 17.8 Å². The highest BCUT2D eigenvalue weighted by atomic mass is 16.4. The van der Waals surface area contributed by atoms with Crippen molar-refractivity contribution in [1.82, 2.24) is 25.1 Å². The van der Waals surface area contributed by atoms with Crippen molar-refractivity contribution in [3.8, 4) is 0 Å². The molecule has 2 heterocycles. The highest BCUT2D eigenvalue weighted by Crippen LogP contribution is 2.04. The van der Waals surface area contributed by atoms with E-state index in [0.29, 0.717) is 0 Å². The van der Waals surface area contributed by atoms with Crippen LogP contribution in [0.1, 0.15) is 21.0 Å². The molecule has 0 radical (unpaired) electrons. The topological polar surface area (TPSA) is 134 Å². The largest absolute Gasteiger partial charge is 0.476 e. The van der Waals surface area contributed by atoms with Crippen LogP contribution in [0.2, 0.25) is 0 Å². The minimum absolute atomic E-state index is 0.0944. The van der Waals surface area contributed by atoms with Gasteiger partial charge >= 0.3 is 5.97 Å². The zero-order valence-corrected chi connectivity index (χ0v) is 8.28. The standard InChI is InChI=1S/C8H6N6O3/c15-6(13-8-11-3-12-14-8)4-5(7(16)17)10-2-1-9-4/h1-3H,(H,16,17)(H2,11,12,13,14,15). The van der Waals surface area contributed by atoms with E-state index in [2.05, 4.69) is 30.5 Å². The molecular formula is C8H6N6O3. The zero-order chi connectivity index (χ0) is 12.3. The van der Waals surface area contributed by atoms with Crippen LogP contribution in [-0.4, -0.2) is 42.1 Å². The summed E-state index contributed by atoms with van der Waals surface area (Å²) in [6, 6.07) is 0. The first-order valence-electron chi connectivity index (χ1n) is 4.39. The van der Waals surface area contributed by atoms with Crippen LogP contribution in [0.15, 0.2) is 18.7 Å². The van der Waals surface area contributed by atoms with Gasteiger partial charge in [0, 0.05) is 12.4 Å². The van der Waals surface area contributed by atoms with Gasteiger partial charge in [-0.05, 0) is 0 Å². The second kappa shape index (κ2) is 4.35. The van der Waals surface area contributed by atoms with Gasteiger partial charge in [-0.3, -0.25) is 10.1 Å². The molecule has 0 aromatic carbocycles. The Morgan fingerprint density at radius 3 is 2.47 bits per heavy atom. The molecule has 9 heteroatoms. The second-order valence-electron chi connectivity index (χ2n) is 2.85. The number of nitrogens with zero attached hydrogens (tertiary/aromatic N) is 4. The second-order valence-corrected chi connectivity index (χ2v) is 2.85. The van der Waals surface area contributed by atoms with E-state index in [1.807, 2.05) is 0 Å². The van der Waals surface area contributed by atoms with Crippen LogP contribution in [0.4, 0.5) is 5.95 Å². The highest BCUT2D eigenvalue weighted by molar-refractivity contribution is 6.07. The number of aromatic nitrogens is 5. The summed E-state index contributed by atoms with van der Waals surface area (Å²) in [5, 5.41) is 17.0. The van der Waals surface area contributed by atoms with Gasteiger partial charge in [-0.25, -0.2) is 19.9 Å². The van der Waals surface area contributed by atoms with Crippen LogP contribution in [0.5, 0.6) is 0 Å². The number of nitrogens with one attached hydrogen (secondary N) is 2. The molecule has 0 atom stereocenters. The van der Waals surface area contributed by atoms with E-state index < -0.39 is 17.6 Å². The van der Waals surface area contributed by atoms with Gasteiger partial charge in [-0.2, -0.15) is 10.1 Å². The van der Waals surface area contributed by atoms with Crippen LogP contribution in [-0.2, 0) is 0 Å². The molecular weight excluding hydrogens is 228 g/mol. The summed E-state index contributed by atoms with van der Waals surface area (Å²) < 4.78 is 0. The summed E-state index contributed by atoms with van der Waals surface area (Å²) in [7, 11) is 0. The Morgan fingerprint density at radius 2 is 1.88 bits per heavy atom. The van der Waals surface area contributed by atoms with E-state index in [9.17, 15) is 9.59 Å². The van der Waals surface area contributed by atoms with Crippen molar-refractivity contribution in [2.24, 2.45) is 0 Å². The van der Waals surface area contributed by atoms with Crippen molar-refractivity contribution in [2.75, 3.05) is 5.32 Å². The van der Waals surface area contributed by atoms with E-state index in [1.54, 1.807) is 0 Å². The number of carboxylic acids is 1. The molecule has 17 heavy (non-hydrogen) atoms. The van der Waals surface area contributed by atoms with Gasteiger partial charge in [-0.1, -0.05) is 0 Å². The number of hydrogen-bond donors (Lipinski definition) is 3. The first-order valence-corrected chi connectivity index (χ1v) is 4.39. The molecule has 0 saturated heterocycles. The smallest absolute Gasteiger partial charge is 0.356 e. The molecule has 3 N–H and O–H groups in total. The summed E-state index contributed by atoms with van der Waals surface area (Å²) in [6.45, 7) is 0. The first-order chi connectivity index (χ1) is 8.18. The molecule has 0 fully saturated rings. The normalized spacial score (nSPS) is 9.88. The van der Waals surface area contributed by atoms with Crippen molar-refractivity contribution in [3.05, 3.63) is 30.1 Å². The van der Waals surface area contributed by atoms with E-state index in [-0.39, 0.29) is 11.6 Å². The lowest BCUT2D eigenvalue weighted by Crippen LogP contribution is -2.20. The Morgan fingerprint density at radius 1 is 1.18 bits per heavy atom. The molecule has 1 amide bonds. The van der Waals surface area contributed by atoms with E-state index in [0.717, 1.165) is 0 Å². The number of anilines is 1. The lowest BCUT2D eigenvalue weighted by atomic mass is 10.3. The average molecular weight is 234 g/mol. The predicted octanol–water partition coefficient (Wildman–Crippen LogP) is -0.455. The summed E-state index contributed by atoms with van der Waals surface area (Å²) in [5.41, 5.74) is -0.721. The third kappa shape index (κ3) is 2.22. The molecule has 0 saturated carbocycles. The monoisotopic (exact) mass is 234 g/mol. The lowest BCUT2D eigenvalue weighted by molar-refractivity contribution is 0.0685. The Hall–Kier alpha value is -2.84. The van der Waals surface area contributed by atoms with Crippen molar-refractivity contribution < 1.29 is 14.7 Å². The van der Waals surface area contributed by atoms with Gasteiger partial charge in [0.2, 0.25) is 5.95 Å². The maximum Gasteiger partial charge on any atom is 0.356 e. The van der Waals surface area contributed by atoms with Crippen LogP contribution in [0.25, 0.3) is 0 Å². The number of carbonyl (C=O) groups excluding carboxylic acids is 1. The fourth-order valence-electron chi connectivity index (χ4n) is 1.09. The third-order valence-corrected chi connectivity index (χ3v) is 1.76. The first kappa shape index (κ1) is 10.7. The molecule has 0 aliphatic heterocycles. The number of carboxylic acid groups (broad SMARTS) is 1. The van der Waals surface area contributed by atoms with E-state index >= 15 is 0 Å². The minimum Gasteiger partial charge on any atom is -0.476 e.